The zero-order chi connectivity index (χ0) is 31.2. The molecule has 0 amide bonds. The summed E-state index contributed by atoms with van der Waals surface area (Å²) in [5.74, 6) is -0.943. The van der Waals surface area contributed by atoms with Crippen molar-refractivity contribution >= 4 is 19.8 Å². The Bertz CT molecular complexity index is 706. The summed E-state index contributed by atoms with van der Waals surface area (Å²) in [5.41, 5.74) is 0. The van der Waals surface area contributed by atoms with Gasteiger partial charge in [-0.15, -0.1) is 0 Å². The van der Waals surface area contributed by atoms with E-state index in [9.17, 15) is 14.2 Å². The molecule has 2 N–H and O–H groups in total. The molecule has 0 aliphatic carbocycles. The maximum absolute atomic E-state index is 12.1. The highest BCUT2D eigenvalue weighted by Gasteiger charge is 2.22. The smallest absolute Gasteiger partial charge is 0.462 e. The summed E-state index contributed by atoms with van der Waals surface area (Å²) in [6.45, 7) is 3.27. The molecule has 0 aromatic rings. The Kier molecular flexibility index (Phi) is 29.0. The average Bonchev–Trinajstić information content (AvgIpc) is 2.94. The molecule has 1 atom stereocenters. The lowest BCUT2D eigenvalue weighted by molar-refractivity contribution is -0.161. The first-order valence-electron chi connectivity index (χ1n) is 17.0. The van der Waals surface area contributed by atoms with Crippen LogP contribution >= 0.6 is 7.82 Å². The predicted molar refractivity (Wildman–Crippen MR) is 170 cm³/mol. The van der Waals surface area contributed by atoms with Gasteiger partial charge in [0.2, 0.25) is 0 Å². The lowest BCUT2D eigenvalue weighted by Gasteiger charge is -2.18. The van der Waals surface area contributed by atoms with Gasteiger partial charge in [-0.1, -0.05) is 129 Å². The predicted octanol–water partition coefficient (Wildman–Crippen LogP) is 9.51. The van der Waals surface area contributed by atoms with E-state index in [0.29, 0.717) is 12.8 Å². The molecule has 0 rings (SSSR count). The molecule has 42 heavy (non-hydrogen) atoms. The van der Waals surface area contributed by atoms with Crippen molar-refractivity contribution in [1.29, 1.82) is 0 Å². The van der Waals surface area contributed by atoms with Crippen LogP contribution in [0.5, 0.6) is 0 Å². The number of phosphoric ester groups is 1. The Labute approximate surface area is 257 Å². The van der Waals surface area contributed by atoms with Crippen molar-refractivity contribution in [1.82, 2.24) is 0 Å². The quantitative estimate of drug-likeness (QED) is 0.0341. The van der Waals surface area contributed by atoms with Gasteiger partial charge in [-0.25, -0.2) is 4.57 Å². The number of esters is 2. The first kappa shape index (κ1) is 40.8. The normalized spacial score (nSPS) is 12.6. The van der Waals surface area contributed by atoms with E-state index in [-0.39, 0.29) is 19.4 Å². The van der Waals surface area contributed by atoms with E-state index in [0.717, 1.165) is 19.3 Å². The molecule has 0 aliphatic rings. The van der Waals surface area contributed by atoms with Gasteiger partial charge in [0.1, 0.15) is 6.61 Å². The first-order chi connectivity index (χ1) is 20.3. The maximum atomic E-state index is 12.1. The minimum Gasteiger partial charge on any atom is -0.462 e. The average molecular weight is 619 g/mol. The first-order valence-corrected chi connectivity index (χ1v) is 18.5. The van der Waals surface area contributed by atoms with Gasteiger partial charge in [0.25, 0.3) is 0 Å². The fraction of sp³-hybridized carbons (Fsp3) is 0.879. The van der Waals surface area contributed by atoms with Crippen molar-refractivity contribution in [3.8, 4) is 0 Å². The molecule has 0 aliphatic heterocycles. The maximum Gasteiger partial charge on any atom is 0.469 e. The number of allylic oxidation sites excluding steroid dienone is 2. The van der Waals surface area contributed by atoms with Crippen molar-refractivity contribution in [2.45, 2.75) is 174 Å². The van der Waals surface area contributed by atoms with Crippen LogP contribution in [0.4, 0.5) is 0 Å². The molecule has 0 fully saturated rings. The zero-order valence-electron chi connectivity index (χ0n) is 26.9. The molecule has 0 spiro atoms. The summed E-state index contributed by atoms with van der Waals surface area (Å²) in [6, 6.07) is 0. The minimum atomic E-state index is -4.72. The largest absolute Gasteiger partial charge is 0.469 e. The van der Waals surface area contributed by atoms with E-state index in [1.54, 1.807) is 0 Å². The van der Waals surface area contributed by atoms with Crippen molar-refractivity contribution in [2.75, 3.05) is 13.2 Å². The monoisotopic (exact) mass is 618 g/mol. The molecule has 0 heterocycles. The van der Waals surface area contributed by atoms with Gasteiger partial charge in [0, 0.05) is 12.8 Å². The van der Waals surface area contributed by atoms with Gasteiger partial charge in [0.15, 0.2) is 6.10 Å². The van der Waals surface area contributed by atoms with Crippen LogP contribution in [-0.2, 0) is 28.2 Å². The van der Waals surface area contributed by atoms with Crippen molar-refractivity contribution in [2.24, 2.45) is 0 Å². The number of carbonyl (C=O) groups is 2. The van der Waals surface area contributed by atoms with Crippen molar-refractivity contribution in [3.63, 3.8) is 0 Å². The molecule has 0 bridgehead atoms. The Morgan fingerprint density at radius 2 is 1.05 bits per heavy atom. The summed E-state index contributed by atoms with van der Waals surface area (Å²) >= 11 is 0. The van der Waals surface area contributed by atoms with Gasteiger partial charge in [-0.3, -0.25) is 14.1 Å². The summed E-state index contributed by atoms with van der Waals surface area (Å²) in [4.78, 5) is 41.5. The van der Waals surface area contributed by atoms with E-state index >= 15 is 0 Å². The van der Waals surface area contributed by atoms with Crippen LogP contribution in [0.15, 0.2) is 12.2 Å². The molecule has 1 unspecified atom stereocenters. The van der Waals surface area contributed by atoms with Gasteiger partial charge >= 0.3 is 19.8 Å². The zero-order valence-corrected chi connectivity index (χ0v) is 27.8. The summed E-state index contributed by atoms with van der Waals surface area (Å²) in [7, 11) is -4.72. The SMILES string of the molecule is CCCCCCCCCC/C=C\CCCCCCCCCCCCCC(=O)OC(COC(=O)CCC)COP(=O)(O)O. The van der Waals surface area contributed by atoms with E-state index in [1.165, 1.54) is 109 Å². The highest BCUT2D eigenvalue weighted by Crippen LogP contribution is 2.35. The third kappa shape index (κ3) is 31.7. The van der Waals surface area contributed by atoms with Crippen molar-refractivity contribution in [3.05, 3.63) is 12.2 Å². The molecule has 0 aromatic carbocycles. The fourth-order valence-corrected chi connectivity index (χ4v) is 5.12. The van der Waals surface area contributed by atoms with E-state index in [1.807, 2.05) is 6.92 Å². The fourth-order valence-electron chi connectivity index (χ4n) is 4.76. The lowest BCUT2D eigenvalue weighted by atomic mass is 10.0. The second-order valence-corrected chi connectivity index (χ2v) is 12.7. The molecule has 0 saturated heterocycles. The Hall–Kier alpha value is -1.21. The summed E-state index contributed by atoms with van der Waals surface area (Å²) in [5, 5.41) is 0. The molecular weight excluding hydrogens is 555 g/mol. The number of carbonyl (C=O) groups excluding carboxylic acids is 2. The van der Waals surface area contributed by atoms with Gasteiger partial charge in [0.05, 0.1) is 6.61 Å². The molecule has 0 radical (unpaired) electrons. The minimum absolute atomic E-state index is 0.212. The Morgan fingerprint density at radius 1 is 0.595 bits per heavy atom. The second-order valence-electron chi connectivity index (χ2n) is 11.5. The van der Waals surface area contributed by atoms with Gasteiger partial charge in [-0.05, 0) is 38.5 Å². The Balaban J connectivity index is 3.61. The Morgan fingerprint density at radius 3 is 1.50 bits per heavy atom. The molecule has 8 nitrogen and oxygen atoms in total. The number of unbranched alkanes of at least 4 members (excludes halogenated alkanes) is 19. The summed E-state index contributed by atoms with van der Waals surface area (Å²) < 4.78 is 25.7. The van der Waals surface area contributed by atoms with Crippen LogP contribution in [0.25, 0.3) is 0 Å². The van der Waals surface area contributed by atoms with Crippen LogP contribution < -0.4 is 0 Å². The second kappa shape index (κ2) is 29.8. The van der Waals surface area contributed by atoms with Crippen LogP contribution in [0.1, 0.15) is 168 Å². The third-order valence-corrected chi connectivity index (χ3v) is 7.74. The number of hydrogen-bond acceptors (Lipinski definition) is 6. The van der Waals surface area contributed by atoms with E-state index < -0.39 is 32.5 Å². The third-order valence-electron chi connectivity index (χ3n) is 7.25. The number of hydrogen-bond donors (Lipinski definition) is 2. The molecule has 0 aromatic heterocycles. The molecule has 248 valence electrons. The standard InChI is InChI=1S/C33H63O8P/c1-3-5-6-7-8-9-10-11-12-13-14-15-16-17-18-19-20-21-22-23-24-25-26-28-33(35)41-31(30-40-42(36,37)38)29-39-32(34)27-4-2/h13-14,31H,3-12,15-30H2,1-2H3,(H2,36,37,38)/b14-13-. The van der Waals surface area contributed by atoms with Crippen LogP contribution in [-0.4, -0.2) is 41.0 Å². The van der Waals surface area contributed by atoms with Crippen LogP contribution in [0.2, 0.25) is 0 Å². The van der Waals surface area contributed by atoms with Crippen LogP contribution in [0.3, 0.4) is 0 Å². The highest BCUT2D eigenvalue weighted by molar-refractivity contribution is 7.46. The summed E-state index contributed by atoms with van der Waals surface area (Å²) in [6.07, 6.45) is 31.2. The number of phosphoric acid groups is 1. The van der Waals surface area contributed by atoms with E-state index in [4.69, 9.17) is 19.3 Å². The van der Waals surface area contributed by atoms with E-state index in [2.05, 4.69) is 23.6 Å². The highest BCUT2D eigenvalue weighted by atomic mass is 31.2. The van der Waals surface area contributed by atoms with Gasteiger partial charge in [-0.2, -0.15) is 0 Å². The molecular formula is C33H63O8P. The van der Waals surface area contributed by atoms with Crippen LogP contribution in [0, 0.1) is 0 Å². The molecule has 0 saturated carbocycles. The number of ether oxygens (including phenoxy) is 2. The van der Waals surface area contributed by atoms with Gasteiger partial charge < -0.3 is 19.3 Å². The van der Waals surface area contributed by atoms with Crippen molar-refractivity contribution < 1.29 is 37.9 Å². The lowest BCUT2D eigenvalue weighted by Crippen LogP contribution is -2.29. The molecule has 9 heteroatoms. The topological polar surface area (TPSA) is 119 Å². The number of rotatable bonds is 31.